The van der Waals surface area contributed by atoms with Gasteiger partial charge >= 0.3 is 0 Å². The number of piperidine rings is 1. The highest BCUT2D eigenvalue weighted by Gasteiger charge is 2.39. The van der Waals surface area contributed by atoms with E-state index in [-0.39, 0.29) is 17.4 Å². The average molecular weight is 421 g/mol. The van der Waals surface area contributed by atoms with Gasteiger partial charge in [0, 0.05) is 36.4 Å². The number of nitrogens with one attached hydrogen (secondary N) is 1. The first-order valence-corrected chi connectivity index (χ1v) is 11.0. The van der Waals surface area contributed by atoms with Gasteiger partial charge in [-0.2, -0.15) is 0 Å². The Hall–Kier alpha value is -3.03. The van der Waals surface area contributed by atoms with Crippen molar-refractivity contribution in [2.75, 3.05) is 18.4 Å². The van der Waals surface area contributed by atoms with E-state index in [1.54, 1.807) is 0 Å². The largest absolute Gasteiger partial charge is 0.442 e. The van der Waals surface area contributed by atoms with E-state index < -0.39 is 0 Å². The summed E-state index contributed by atoms with van der Waals surface area (Å²) in [5.74, 6) is 2.42. The molecule has 5 rings (SSSR count). The van der Waals surface area contributed by atoms with Crippen molar-refractivity contribution in [3.05, 3.63) is 40.9 Å². The minimum atomic E-state index is -0.0190. The third-order valence-corrected chi connectivity index (χ3v) is 6.69. The van der Waals surface area contributed by atoms with Gasteiger partial charge in [0.25, 0.3) is 5.91 Å². The van der Waals surface area contributed by atoms with Gasteiger partial charge in [0.05, 0.1) is 10.9 Å². The maximum atomic E-state index is 13.5. The molecule has 2 fully saturated rings. The number of nitrogens with zero attached hydrogens (tertiary/aromatic N) is 5. The van der Waals surface area contributed by atoms with Gasteiger partial charge in [0.15, 0.2) is 0 Å². The van der Waals surface area contributed by atoms with Crippen molar-refractivity contribution in [3.8, 4) is 0 Å². The number of carbonyl (C=O) groups is 1. The predicted octanol–water partition coefficient (Wildman–Crippen LogP) is 3.92. The Labute approximate surface area is 181 Å². The minimum absolute atomic E-state index is 0.0190. The van der Waals surface area contributed by atoms with Crippen molar-refractivity contribution in [2.24, 2.45) is 0 Å². The number of likely N-dealkylation sites (tertiary alicyclic amines) is 1. The number of rotatable bonds is 4. The van der Waals surface area contributed by atoms with E-state index in [9.17, 15) is 4.79 Å². The molecule has 0 unspecified atom stereocenters. The fourth-order valence-corrected chi connectivity index (χ4v) is 4.24. The quantitative estimate of drug-likeness (QED) is 0.683. The molecule has 1 N–H and O–H groups in total. The van der Waals surface area contributed by atoms with Crippen LogP contribution in [0.1, 0.15) is 71.7 Å². The van der Waals surface area contributed by atoms with Crippen LogP contribution in [0.5, 0.6) is 0 Å². The van der Waals surface area contributed by atoms with Crippen LogP contribution in [-0.4, -0.2) is 49.4 Å². The summed E-state index contributed by atoms with van der Waals surface area (Å²) in [6, 6.07) is 0. The zero-order valence-corrected chi connectivity index (χ0v) is 18.5. The summed E-state index contributed by atoms with van der Waals surface area (Å²) in [4.78, 5) is 33.3. The Kier molecular flexibility index (Phi) is 4.68. The number of anilines is 1. The second-order valence-corrected chi connectivity index (χ2v) is 9.18. The third kappa shape index (κ3) is 3.64. The molecule has 162 valence electrons. The molecule has 1 aliphatic carbocycles. The molecule has 3 aromatic heterocycles. The minimum Gasteiger partial charge on any atom is -0.442 e. The lowest BCUT2D eigenvalue weighted by Gasteiger charge is -2.31. The van der Waals surface area contributed by atoms with Crippen molar-refractivity contribution in [3.63, 3.8) is 0 Å². The Morgan fingerprint density at radius 3 is 2.58 bits per heavy atom. The molecule has 0 bridgehead atoms. The van der Waals surface area contributed by atoms with E-state index in [1.807, 2.05) is 31.9 Å². The van der Waals surface area contributed by atoms with Crippen LogP contribution < -0.4 is 5.32 Å². The summed E-state index contributed by atoms with van der Waals surface area (Å²) >= 11 is 0. The molecular formula is C23H28N6O2. The van der Waals surface area contributed by atoms with Crippen molar-refractivity contribution in [2.45, 2.75) is 64.8 Å². The van der Waals surface area contributed by atoms with Crippen LogP contribution in [0.2, 0.25) is 0 Å². The molecular weight excluding hydrogens is 392 g/mol. The van der Waals surface area contributed by atoms with Crippen LogP contribution in [-0.2, 0) is 0 Å². The van der Waals surface area contributed by atoms with Crippen LogP contribution in [0.3, 0.4) is 0 Å². The van der Waals surface area contributed by atoms with E-state index in [4.69, 9.17) is 4.42 Å². The maximum absolute atomic E-state index is 13.5. The van der Waals surface area contributed by atoms with E-state index >= 15 is 0 Å². The standard InChI is InChI=1S/C23H28N6O2/c1-13-11-24-19(27-14(13)2)16-5-9-29(10-6-16)22(30)17-15(3)31-21-18(17)20(25-12-26-21)28-23(4)7-8-23/h11-12,16H,5-10H2,1-4H3,(H,25,26,28). The summed E-state index contributed by atoms with van der Waals surface area (Å²) in [7, 11) is 0. The van der Waals surface area contributed by atoms with Gasteiger partial charge in [0.1, 0.15) is 23.7 Å². The topological polar surface area (TPSA) is 97.0 Å². The van der Waals surface area contributed by atoms with Crippen molar-refractivity contribution >= 4 is 22.8 Å². The summed E-state index contributed by atoms with van der Waals surface area (Å²) in [6.45, 7) is 9.36. The number of aromatic nitrogens is 4. The molecule has 2 aliphatic rings. The van der Waals surface area contributed by atoms with Crippen LogP contribution in [0.15, 0.2) is 16.9 Å². The Bertz CT molecular complexity index is 1160. The highest BCUT2D eigenvalue weighted by atomic mass is 16.3. The first-order chi connectivity index (χ1) is 14.8. The van der Waals surface area contributed by atoms with Gasteiger partial charge in [-0.25, -0.2) is 19.9 Å². The lowest BCUT2D eigenvalue weighted by atomic mass is 9.95. The van der Waals surface area contributed by atoms with Crippen LogP contribution in [0, 0.1) is 20.8 Å². The molecule has 0 radical (unpaired) electrons. The number of carbonyl (C=O) groups excluding carboxylic acids is 1. The summed E-state index contributed by atoms with van der Waals surface area (Å²) < 4.78 is 5.84. The molecule has 8 nitrogen and oxygen atoms in total. The Morgan fingerprint density at radius 2 is 1.90 bits per heavy atom. The van der Waals surface area contributed by atoms with Crippen molar-refractivity contribution in [1.29, 1.82) is 0 Å². The van der Waals surface area contributed by atoms with Crippen molar-refractivity contribution in [1.82, 2.24) is 24.8 Å². The molecule has 1 saturated carbocycles. The average Bonchev–Trinajstić information content (AvgIpc) is 3.37. The third-order valence-electron chi connectivity index (χ3n) is 6.69. The molecule has 0 aromatic carbocycles. The van der Waals surface area contributed by atoms with Crippen LogP contribution in [0.4, 0.5) is 5.82 Å². The van der Waals surface area contributed by atoms with Gasteiger partial charge < -0.3 is 14.6 Å². The fraction of sp³-hybridized carbons (Fsp3) is 0.522. The molecule has 1 saturated heterocycles. The molecule has 31 heavy (non-hydrogen) atoms. The molecule has 0 atom stereocenters. The number of fused-ring (bicyclic) bond motifs is 1. The maximum Gasteiger partial charge on any atom is 0.258 e. The number of amides is 1. The number of furan rings is 1. The SMILES string of the molecule is Cc1cnc(C2CCN(C(=O)c3c(C)oc4ncnc(NC5(C)CC5)c34)CC2)nc1C. The summed E-state index contributed by atoms with van der Waals surface area (Å²) in [6.07, 6.45) is 7.26. The van der Waals surface area contributed by atoms with E-state index in [0.717, 1.165) is 42.8 Å². The lowest BCUT2D eigenvalue weighted by Crippen LogP contribution is -2.38. The smallest absolute Gasteiger partial charge is 0.258 e. The van der Waals surface area contributed by atoms with E-state index in [0.29, 0.717) is 41.3 Å². The zero-order chi connectivity index (χ0) is 21.8. The molecule has 0 spiro atoms. The van der Waals surface area contributed by atoms with Crippen LogP contribution in [0.25, 0.3) is 11.1 Å². The van der Waals surface area contributed by atoms with Crippen LogP contribution >= 0.6 is 0 Å². The van der Waals surface area contributed by atoms with E-state index in [1.165, 1.54) is 6.33 Å². The molecule has 8 heteroatoms. The normalized spacial score (nSPS) is 18.4. The second kappa shape index (κ2) is 7.28. The molecule has 1 aliphatic heterocycles. The van der Waals surface area contributed by atoms with Gasteiger partial charge in [-0.15, -0.1) is 0 Å². The van der Waals surface area contributed by atoms with Crippen molar-refractivity contribution < 1.29 is 9.21 Å². The zero-order valence-electron chi connectivity index (χ0n) is 18.5. The Balaban J connectivity index is 1.38. The molecule has 4 heterocycles. The summed E-state index contributed by atoms with van der Waals surface area (Å²) in [5, 5.41) is 4.18. The summed E-state index contributed by atoms with van der Waals surface area (Å²) in [5.41, 5.74) is 3.19. The van der Waals surface area contributed by atoms with E-state index in [2.05, 4.69) is 32.2 Å². The van der Waals surface area contributed by atoms with Gasteiger partial charge in [-0.05, 0) is 58.9 Å². The first-order valence-electron chi connectivity index (χ1n) is 11.0. The number of hydrogen-bond donors (Lipinski definition) is 1. The highest BCUT2D eigenvalue weighted by Crippen LogP contribution is 2.40. The van der Waals surface area contributed by atoms with Gasteiger partial charge in [-0.1, -0.05) is 0 Å². The second-order valence-electron chi connectivity index (χ2n) is 9.18. The van der Waals surface area contributed by atoms with Gasteiger partial charge in [-0.3, -0.25) is 4.79 Å². The fourth-order valence-electron chi connectivity index (χ4n) is 4.24. The first kappa shape index (κ1) is 19.9. The lowest BCUT2D eigenvalue weighted by molar-refractivity contribution is 0.0711. The number of hydrogen-bond acceptors (Lipinski definition) is 7. The highest BCUT2D eigenvalue weighted by molar-refractivity contribution is 6.10. The number of aryl methyl sites for hydroxylation is 3. The molecule has 1 amide bonds. The molecule has 3 aromatic rings. The Morgan fingerprint density at radius 1 is 1.16 bits per heavy atom. The monoisotopic (exact) mass is 420 g/mol. The predicted molar refractivity (Wildman–Crippen MR) is 117 cm³/mol. The van der Waals surface area contributed by atoms with Gasteiger partial charge in [0.2, 0.25) is 5.71 Å².